The molecule has 3 amide bonds. The number of carbonyl (C=O) groups is 4. The van der Waals surface area contributed by atoms with Crippen LogP contribution >= 0.6 is 0 Å². The number of rotatable bonds is 16. The summed E-state index contributed by atoms with van der Waals surface area (Å²) in [5, 5.41) is 8.39. The van der Waals surface area contributed by atoms with Crippen molar-refractivity contribution in [1.29, 1.82) is 0 Å². The van der Waals surface area contributed by atoms with E-state index in [2.05, 4.69) is 16.0 Å². The van der Waals surface area contributed by atoms with Crippen molar-refractivity contribution in [3.8, 4) is 17.2 Å². The van der Waals surface area contributed by atoms with Gasteiger partial charge in [-0.2, -0.15) is 0 Å². The van der Waals surface area contributed by atoms with Crippen LogP contribution in [0.4, 0.5) is 21.5 Å². The van der Waals surface area contributed by atoms with E-state index in [1.807, 2.05) is 20.8 Å². The van der Waals surface area contributed by atoms with Crippen LogP contribution in [0.3, 0.4) is 0 Å². The lowest BCUT2D eigenvalue weighted by Gasteiger charge is -2.17. The van der Waals surface area contributed by atoms with E-state index in [-0.39, 0.29) is 52.4 Å². The largest absolute Gasteiger partial charge is 0.491 e. The number of anilines is 3. The van der Waals surface area contributed by atoms with Crippen LogP contribution in [0.5, 0.6) is 17.2 Å². The van der Waals surface area contributed by atoms with Crippen molar-refractivity contribution in [1.82, 2.24) is 0 Å². The minimum atomic E-state index is -0.532. The normalized spacial score (nSPS) is 10.6. The number of amides is 3. The zero-order valence-corrected chi connectivity index (χ0v) is 29.3. The zero-order valence-electron chi connectivity index (χ0n) is 29.3. The van der Waals surface area contributed by atoms with Crippen molar-refractivity contribution < 1.29 is 42.5 Å². The Hall–Kier alpha value is -5.91. The molecule has 0 aliphatic heterocycles. The lowest BCUT2D eigenvalue weighted by molar-refractivity contribution is -0.114. The SMILES string of the molecule is CCCCOc1cc(C(=O)OC)ccc1NC(=O)c1ccc(NC(=O)c2ccc(NC(C)=O)c(OCc3ccc(F)cc3)c2)c(OCC(C)C)c1. The average molecular weight is 700 g/mol. The maximum atomic E-state index is 13.5. The van der Waals surface area contributed by atoms with Crippen molar-refractivity contribution >= 4 is 40.8 Å². The van der Waals surface area contributed by atoms with Crippen molar-refractivity contribution in [2.45, 2.75) is 47.1 Å². The molecule has 12 heteroatoms. The zero-order chi connectivity index (χ0) is 36.9. The van der Waals surface area contributed by atoms with Crippen LogP contribution in [0.2, 0.25) is 0 Å². The Labute approximate surface area is 296 Å². The minimum absolute atomic E-state index is 0.0659. The number of unbranched alkanes of at least 4 members (excludes halogenated alkanes) is 1. The van der Waals surface area contributed by atoms with Crippen LogP contribution in [-0.2, 0) is 16.1 Å². The van der Waals surface area contributed by atoms with Gasteiger partial charge in [0, 0.05) is 18.1 Å². The molecule has 0 unspecified atom stereocenters. The van der Waals surface area contributed by atoms with Gasteiger partial charge in [-0.1, -0.05) is 39.3 Å². The van der Waals surface area contributed by atoms with E-state index in [4.69, 9.17) is 18.9 Å². The first-order chi connectivity index (χ1) is 24.5. The minimum Gasteiger partial charge on any atom is -0.491 e. The molecule has 4 rings (SSSR count). The number of ether oxygens (including phenoxy) is 4. The Bertz CT molecular complexity index is 1860. The first kappa shape index (κ1) is 37.9. The van der Waals surface area contributed by atoms with Gasteiger partial charge in [0.1, 0.15) is 29.7 Å². The molecule has 4 aromatic rings. The fourth-order valence-electron chi connectivity index (χ4n) is 4.67. The van der Waals surface area contributed by atoms with Crippen LogP contribution in [0.15, 0.2) is 78.9 Å². The summed E-state index contributed by atoms with van der Waals surface area (Å²) in [6, 6.07) is 19.6. The van der Waals surface area contributed by atoms with Gasteiger partial charge >= 0.3 is 5.97 Å². The molecule has 0 aliphatic rings. The summed E-state index contributed by atoms with van der Waals surface area (Å²) >= 11 is 0. The predicted octanol–water partition coefficient (Wildman–Crippen LogP) is 7.87. The molecule has 0 bridgehead atoms. The monoisotopic (exact) mass is 699 g/mol. The summed E-state index contributed by atoms with van der Waals surface area (Å²) in [6.45, 7) is 8.09. The average Bonchev–Trinajstić information content (AvgIpc) is 3.11. The maximum absolute atomic E-state index is 13.5. The van der Waals surface area contributed by atoms with Gasteiger partial charge in [-0.25, -0.2) is 9.18 Å². The molecule has 0 saturated heterocycles. The van der Waals surface area contributed by atoms with Gasteiger partial charge in [0.15, 0.2) is 0 Å². The molecule has 0 aromatic heterocycles. The Kier molecular flexibility index (Phi) is 13.5. The molecule has 0 saturated carbocycles. The molecule has 0 radical (unpaired) electrons. The lowest BCUT2D eigenvalue weighted by Crippen LogP contribution is -2.17. The first-order valence-corrected chi connectivity index (χ1v) is 16.5. The van der Waals surface area contributed by atoms with Crippen LogP contribution in [0.1, 0.15) is 77.2 Å². The van der Waals surface area contributed by atoms with E-state index in [1.54, 1.807) is 36.4 Å². The van der Waals surface area contributed by atoms with E-state index in [0.717, 1.165) is 12.8 Å². The summed E-state index contributed by atoms with van der Waals surface area (Å²) in [5.74, 6) is -1.23. The maximum Gasteiger partial charge on any atom is 0.337 e. The molecule has 4 aromatic carbocycles. The van der Waals surface area contributed by atoms with Gasteiger partial charge in [0.05, 0.1) is 42.9 Å². The number of methoxy groups -OCH3 is 1. The highest BCUT2D eigenvalue weighted by Crippen LogP contribution is 2.32. The van der Waals surface area contributed by atoms with Gasteiger partial charge in [0.2, 0.25) is 5.91 Å². The second-order valence-corrected chi connectivity index (χ2v) is 12.0. The van der Waals surface area contributed by atoms with E-state index >= 15 is 0 Å². The summed E-state index contributed by atoms with van der Waals surface area (Å²) in [4.78, 5) is 51.0. The number of hydrogen-bond acceptors (Lipinski definition) is 8. The van der Waals surface area contributed by atoms with Gasteiger partial charge in [-0.05, 0) is 84.6 Å². The Morgan fingerprint density at radius 1 is 0.686 bits per heavy atom. The smallest absolute Gasteiger partial charge is 0.337 e. The summed E-state index contributed by atoms with van der Waals surface area (Å²) in [5.41, 5.74) is 2.49. The van der Waals surface area contributed by atoms with E-state index in [1.165, 1.54) is 56.5 Å². The predicted molar refractivity (Wildman–Crippen MR) is 192 cm³/mol. The fourth-order valence-corrected chi connectivity index (χ4v) is 4.67. The highest BCUT2D eigenvalue weighted by Gasteiger charge is 2.19. The third kappa shape index (κ3) is 11.0. The molecule has 0 heterocycles. The second kappa shape index (κ2) is 18.2. The van der Waals surface area contributed by atoms with Crippen molar-refractivity contribution in [3.05, 3.63) is 107 Å². The van der Waals surface area contributed by atoms with E-state index in [9.17, 15) is 23.6 Å². The molecular formula is C39H42FN3O8. The van der Waals surface area contributed by atoms with Gasteiger partial charge in [0.25, 0.3) is 11.8 Å². The highest BCUT2D eigenvalue weighted by molar-refractivity contribution is 6.08. The van der Waals surface area contributed by atoms with Crippen molar-refractivity contribution in [2.24, 2.45) is 5.92 Å². The molecule has 0 fully saturated rings. The number of esters is 1. The van der Waals surface area contributed by atoms with Crippen LogP contribution in [0.25, 0.3) is 0 Å². The molecular weight excluding hydrogens is 657 g/mol. The highest BCUT2D eigenvalue weighted by atomic mass is 19.1. The molecule has 11 nitrogen and oxygen atoms in total. The van der Waals surface area contributed by atoms with Crippen LogP contribution in [-0.4, -0.2) is 44.0 Å². The lowest BCUT2D eigenvalue weighted by atomic mass is 10.1. The number of hydrogen-bond donors (Lipinski definition) is 3. The molecule has 3 N–H and O–H groups in total. The molecule has 51 heavy (non-hydrogen) atoms. The standard InChI is InChI=1S/C39H42FN3O8/c1-6-7-18-49-34-21-29(39(47)48-5)12-17-32(34)42-37(45)28-11-16-33(36(20-28)50-22-24(2)3)43-38(46)27-10-15-31(41-25(4)44)35(19-27)51-23-26-8-13-30(40)14-9-26/h8-17,19-21,24H,6-7,18,22-23H2,1-5H3,(H,41,44)(H,42,45)(H,43,46). The molecule has 268 valence electrons. The summed E-state index contributed by atoms with van der Waals surface area (Å²) in [6.07, 6.45) is 1.68. The Morgan fingerprint density at radius 2 is 1.20 bits per heavy atom. The van der Waals surface area contributed by atoms with Gasteiger partial charge in [-0.3, -0.25) is 14.4 Å². The number of benzene rings is 4. The Morgan fingerprint density at radius 3 is 1.73 bits per heavy atom. The number of nitrogens with one attached hydrogen (secondary N) is 3. The molecule has 0 aliphatic carbocycles. The topological polar surface area (TPSA) is 141 Å². The summed E-state index contributed by atoms with van der Waals surface area (Å²) < 4.78 is 36.0. The number of carbonyl (C=O) groups excluding carboxylic acids is 4. The Balaban J connectivity index is 1.57. The van der Waals surface area contributed by atoms with Gasteiger partial charge in [-0.15, -0.1) is 0 Å². The van der Waals surface area contributed by atoms with Gasteiger partial charge < -0.3 is 34.9 Å². The molecule has 0 spiro atoms. The fraction of sp³-hybridized carbons (Fsp3) is 0.282. The van der Waals surface area contributed by atoms with E-state index in [0.29, 0.717) is 41.6 Å². The summed E-state index contributed by atoms with van der Waals surface area (Å²) in [7, 11) is 1.29. The van der Waals surface area contributed by atoms with E-state index < -0.39 is 17.8 Å². The third-order valence-electron chi connectivity index (χ3n) is 7.33. The second-order valence-electron chi connectivity index (χ2n) is 12.0. The van der Waals surface area contributed by atoms with Crippen molar-refractivity contribution in [3.63, 3.8) is 0 Å². The van der Waals surface area contributed by atoms with Crippen molar-refractivity contribution in [2.75, 3.05) is 36.3 Å². The van der Waals surface area contributed by atoms with Crippen LogP contribution < -0.4 is 30.2 Å². The quantitative estimate of drug-likeness (QED) is 0.0793. The van der Waals surface area contributed by atoms with Crippen LogP contribution in [0, 0.1) is 11.7 Å². The third-order valence-corrected chi connectivity index (χ3v) is 7.33. The molecule has 0 atom stereocenters. The number of halogens is 1. The first-order valence-electron chi connectivity index (χ1n) is 16.5.